The first-order valence-corrected chi connectivity index (χ1v) is 7.11. The van der Waals surface area contributed by atoms with Crippen LogP contribution in [0.2, 0.25) is 0 Å². The summed E-state index contributed by atoms with van der Waals surface area (Å²) in [4.78, 5) is 30.7. The molecule has 2 fully saturated rings. The molecule has 0 radical (unpaired) electrons. The number of carbonyl (C=O) groups excluding carboxylic acids is 2. The normalized spacial score (nSPS) is 17.9. The molecule has 1 saturated heterocycles. The SMILES string of the molecule is O=C(ONC(=O)C1CC1)c1ccccc1N1CCCC1. The van der Waals surface area contributed by atoms with E-state index in [9.17, 15) is 9.59 Å². The van der Waals surface area contributed by atoms with Crippen molar-refractivity contribution >= 4 is 17.6 Å². The lowest BCUT2D eigenvalue weighted by molar-refractivity contribution is -0.131. The molecule has 0 aromatic heterocycles. The molecule has 20 heavy (non-hydrogen) atoms. The van der Waals surface area contributed by atoms with Crippen LogP contribution in [0.1, 0.15) is 36.0 Å². The number of nitrogens with zero attached hydrogens (tertiary/aromatic N) is 1. The van der Waals surface area contributed by atoms with Gasteiger partial charge in [-0.1, -0.05) is 12.1 Å². The van der Waals surface area contributed by atoms with Crippen molar-refractivity contribution in [1.82, 2.24) is 5.48 Å². The minimum atomic E-state index is -0.499. The minimum absolute atomic E-state index is 0.0247. The summed E-state index contributed by atoms with van der Waals surface area (Å²) in [5, 5.41) is 0. The van der Waals surface area contributed by atoms with Crippen LogP contribution < -0.4 is 10.4 Å². The van der Waals surface area contributed by atoms with E-state index in [2.05, 4.69) is 10.4 Å². The molecule has 1 aliphatic carbocycles. The average Bonchev–Trinajstić information content (AvgIpc) is 3.19. The molecule has 106 valence electrons. The van der Waals surface area contributed by atoms with Gasteiger partial charge in [-0.15, -0.1) is 0 Å². The number of hydrogen-bond acceptors (Lipinski definition) is 4. The van der Waals surface area contributed by atoms with Gasteiger partial charge in [-0.2, -0.15) is 5.48 Å². The van der Waals surface area contributed by atoms with E-state index in [1.165, 1.54) is 0 Å². The summed E-state index contributed by atoms with van der Waals surface area (Å²) in [7, 11) is 0. The molecular formula is C15H18N2O3. The number of hydroxylamine groups is 1. The van der Waals surface area contributed by atoms with E-state index in [1.807, 2.05) is 12.1 Å². The van der Waals surface area contributed by atoms with Crippen LogP contribution in [-0.4, -0.2) is 25.0 Å². The second-order valence-electron chi connectivity index (χ2n) is 5.34. The van der Waals surface area contributed by atoms with Crippen LogP contribution >= 0.6 is 0 Å². The number of para-hydroxylation sites is 1. The second kappa shape index (κ2) is 5.53. The van der Waals surface area contributed by atoms with E-state index in [-0.39, 0.29) is 11.8 Å². The highest BCUT2D eigenvalue weighted by Gasteiger charge is 2.30. The van der Waals surface area contributed by atoms with Crippen LogP contribution in [0.3, 0.4) is 0 Å². The van der Waals surface area contributed by atoms with Gasteiger partial charge >= 0.3 is 5.97 Å². The Morgan fingerprint density at radius 2 is 1.85 bits per heavy atom. The molecule has 1 heterocycles. The summed E-state index contributed by atoms with van der Waals surface area (Å²) in [5.74, 6) is -0.671. The molecule has 0 spiro atoms. The number of rotatable bonds is 3. The molecule has 0 bridgehead atoms. The fourth-order valence-corrected chi connectivity index (χ4v) is 2.46. The molecule has 5 heteroatoms. The largest absolute Gasteiger partial charge is 0.371 e. The van der Waals surface area contributed by atoms with Crippen molar-refractivity contribution in [3.8, 4) is 0 Å². The van der Waals surface area contributed by atoms with Gasteiger partial charge in [0, 0.05) is 19.0 Å². The van der Waals surface area contributed by atoms with E-state index in [1.54, 1.807) is 12.1 Å². The van der Waals surface area contributed by atoms with Crippen molar-refractivity contribution in [2.24, 2.45) is 5.92 Å². The van der Waals surface area contributed by atoms with E-state index in [4.69, 9.17) is 4.84 Å². The Kier molecular flexibility index (Phi) is 3.58. The molecule has 0 unspecified atom stereocenters. The van der Waals surface area contributed by atoms with Crippen molar-refractivity contribution in [3.05, 3.63) is 29.8 Å². The van der Waals surface area contributed by atoms with Crippen LogP contribution in [-0.2, 0) is 9.63 Å². The Hall–Kier alpha value is -2.04. The van der Waals surface area contributed by atoms with Gasteiger partial charge in [-0.25, -0.2) is 4.79 Å². The summed E-state index contributed by atoms with van der Waals surface area (Å²) in [6.45, 7) is 1.91. The van der Waals surface area contributed by atoms with Crippen molar-refractivity contribution < 1.29 is 14.4 Å². The van der Waals surface area contributed by atoms with Crippen molar-refractivity contribution in [1.29, 1.82) is 0 Å². The van der Waals surface area contributed by atoms with Crippen molar-refractivity contribution in [3.63, 3.8) is 0 Å². The highest BCUT2D eigenvalue weighted by molar-refractivity contribution is 5.96. The highest BCUT2D eigenvalue weighted by Crippen LogP contribution is 2.29. The second-order valence-corrected chi connectivity index (χ2v) is 5.34. The molecule has 1 aromatic carbocycles. The van der Waals surface area contributed by atoms with Crippen LogP contribution in [0.25, 0.3) is 0 Å². The summed E-state index contributed by atoms with van der Waals surface area (Å²) < 4.78 is 0. The standard InChI is InChI=1S/C15H18N2O3/c18-14(11-7-8-11)16-20-15(19)12-5-1-2-6-13(12)17-9-3-4-10-17/h1-2,5-6,11H,3-4,7-10H2,(H,16,18). The Morgan fingerprint density at radius 3 is 2.55 bits per heavy atom. The minimum Gasteiger partial charge on any atom is -0.371 e. The lowest BCUT2D eigenvalue weighted by Crippen LogP contribution is -2.29. The maximum atomic E-state index is 12.1. The third-order valence-corrected chi connectivity index (χ3v) is 3.76. The van der Waals surface area contributed by atoms with Crippen LogP contribution in [0.15, 0.2) is 24.3 Å². The zero-order chi connectivity index (χ0) is 13.9. The van der Waals surface area contributed by atoms with Crippen molar-refractivity contribution in [2.45, 2.75) is 25.7 Å². The first-order valence-electron chi connectivity index (χ1n) is 7.11. The van der Waals surface area contributed by atoms with Crippen LogP contribution in [0, 0.1) is 5.92 Å². The lowest BCUT2D eigenvalue weighted by atomic mass is 10.1. The first-order chi connectivity index (χ1) is 9.75. The molecule has 0 atom stereocenters. The van der Waals surface area contributed by atoms with E-state index >= 15 is 0 Å². The maximum absolute atomic E-state index is 12.1. The maximum Gasteiger partial charge on any atom is 0.365 e. The highest BCUT2D eigenvalue weighted by atomic mass is 16.7. The van der Waals surface area contributed by atoms with Gasteiger partial charge in [0.25, 0.3) is 5.91 Å². The smallest absolute Gasteiger partial charge is 0.365 e. The lowest BCUT2D eigenvalue weighted by Gasteiger charge is -2.20. The average molecular weight is 274 g/mol. The summed E-state index contributed by atoms with van der Waals surface area (Å²) >= 11 is 0. The number of amides is 1. The fraction of sp³-hybridized carbons (Fsp3) is 0.467. The fourth-order valence-electron chi connectivity index (χ4n) is 2.46. The van der Waals surface area contributed by atoms with Gasteiger partial charge < -0.3 is 9.74 Å². The summed E-state index contributed by atoms with van der Waals surface area (Å²) in [6.07, 6.45) is 4.05. The molecule has 1 amide bonds. The van der Waals surface area contributed by atoms with Gasteiger partial charge in [0.15, 0.2) is 0 Å². The van der Waals surface area contributed by atoms with Gasteiger partial charge in [0.2, 0.25) is 0 Å². The van der Waals surface area contributed by atoms with E-state index in [0.29, 0.717) is 5.56 Å². The molecule has 2 aliphatic rings. The third-order valence-electron chi connectivity index (χ3n) is 3.76. The summed E-state index contributed by atoms with van der Waals surface area (Å²) in [5.41, 5.74) is 3.64. The number of hydrogen-bond donors (Lipinski definition) is 1. The van der Waals surface area contributed by atoms with Gasteiger partial charge in [0.05, 0.1) is 11.3 Å². The van der Waals surface area contributed by atoms with Gasteiger partial charge in [0.1, 0.15) is 0 Å². The molecule has 1 saturated carbocycles. The Morgan fingerprint density at radius 1 is 1.15 bits per heavy atom. The zero-order valence-corrected chi connectivity index (χ0v) is 11.3. The Labute approximate surface area is 117 Å². The Bertz CT molecular complexity index is 520. The molecular weight excluding hydrogens is 256 g/mol. The van der Waals surface area contributed by atoms with Crippen molar-refractivity contribution in [2.75, 3.05) is 18.0 Å². The quantitative estimate of drug-likeness (QED) is 0.855. The molecule has 1 aliphatic heterocycles. The first kappa shape index (κ1) is 13.0. The summed E-state index contributed by atoms with van der Waals surface area (Å²) in [6, 6.07) is 7.37. The van der Waals surface area contributed by atoms with E-state index < -0.39 is 5.97 Å². The molecule has 3 rings (SSSR count). The molecule has 1 N–H and O–H groups in total. The number of benzene rings is 1. The van der Waals surface area contributed by atoms with E-state index in [0.717, 1.165) is 44.5 Å². The number of nitrogens with one attached hydrogen (secondary N) is 1. The predicted molar refractivity (Wildman–Crippen MR) is 74.2 cm³/mol. The van der Waals surface area contributed by atoms with Crippen LogP contribution in [0.5, 0.6) is 0 Å². The van der Waals surface area contributed by atoms with Gasteiger partial charge in [-0.3, -0.25) is 4.79 Å². The third kappa shape index (κ3) is 2.76. The molecule has 5 nitrogen and oxygen atoms in total. The van der Waals surface area contributed by atoms with Crippen LogP contribution in [0.4, 0.5) is 5.69 Å². The predicted octanol–water partition coefficient (Wildman–Crippen LogP) is 1.88. The zero-order valence-electron chi connectivity index (χ0n) is 11.3. The monoisotopic (exact) mass is 274 g/mol. The molecule has 1 aromatic rings. The van der Waals surface area contributed by atoms with Gasteiger partial charge in [-0.05, 0) is 37.8 Å². The number of carbonyl (C=O) groups is 2. The number of anilines is 1. The topological polar surface area (TPSA) is 58.6 Å². The Balaban J connectivity index is 1.68.